The Kier molecular flexibility index (Phi) is 3.69. The molecule has 1 saturated heterocycles. The van der Waals surface area contributed by atoms with Crippen LogP contribution in [0.15, 0.2) is 18.2 Å². The molecule has 0 amide bonds. The summed E-state index contributed by atoms with van der Waals surface area (Å²) in [5.74, 6) is -1.04. The van der Waals surface area contributed by atoms with Gasteiger partial charge >= 0.3 is 0 Å². The standard InChI is InChI=1S/C14H18F2O2/c1-9(2)12(6-17)14(7-18-8-14)11-4-3-10(15)5-13(11)16/h3-5,9,12,17H,6-8H2,1-2H3. The van der Waals surface area contributed by atoms with E-state index in [4.69, 9.17) is 4.74 Å². The van der Waals surface area contributed by atoms with Crippen LogP contribution >= 0.6 is 0 Å². The lowest BCUT2D eigenvalue weighted by Gasteiger charge is -2.48. The molecule has 2 nitrogen and oxygen atoms in total. The molecule has 0 spiro atoms. The topological polar surface area (TPSA) is 29.5 Å². The molecule has 1 atom stereocenters. The number of hydrogen-bond acceptors (Lipinski definition) is 2. The Morgan fingerprint density at radius 1 is 1.33 bits per heavy atom. The molecule has 18 heavy (non-hydrogen) atoms. The number of aliphatic hydroxyl groups is 1. The van der Waals surface area contributed by atoms with Crippen LogP contribution in [0.5, 0.6) is 0 Å². The molecule has 0 aromatic heterocycles. The summed E-state index contributed by atoms with van der Waals surface area (Å²) in [5.41, 5.74) is -0.0800. The van der Waals surface area contributed by atoms with Gasteiger partial charge in [-0.15, -0.1) is 0 Å². The zero-order chi connectivity index (χ0) is 13.3. The predicted octanol–water partition coefficient (Wildman–Crippen LogP) is 2.50. The van der Waals surface area contributed by atoms with Crippen LogP contribution in [-0.4, -0.2) is 24.9 Å². The molecule has 1 aromatic rings. The number of benzene rings is 1. The molecule has 1 unspecified atom stereocenters. The van der Waals surface area contributed by atoms with Crippen molar-refractivity contribution in [1.82, 2.24) is 0 Å². The van der Waals surface area contributed by atoms with Crippen LogP contribution in [0.4, 0.5) is 8.78 Å². The number of halogens is 2. The summed E-state index contributed by atoms with van der Waals surface area (Å²) in [6, 6.07) is 3.62. The molecule has 4 heteroatoms. The van der Waals surface area contributed by atoms with Gasteiger partial charge in [0.25, 0.3) is 0 Å². The Bertz CT molecular complexity index is 428. The summed E-state index contributed by atoms with van der Waals surface area (Å²) in [6.45, 7) is 4.69. The monoisotopic (exact) mass is 256 g/mol. The molecule has 0 radical (unpaired) electrons. The van der Waals surface area contributed by atoms with Crippen molar-refractivity contribution < 1.29 is 18.6 Å². The Hall–Kier alpha value is -1.00. The summed E-state index contributed by atoms with van der Waals surface area (Å²) < 4.78 is 32.2. The van der Waals surface area contributed by atoms with Crippen molar-refractivity contribution in [3.05, 3.63) is 35.4 Å². The smallest absolute Gasteiger partial charge is 0.130 e. The normalized spacial score (nSPS) is 19.7. The second-order valence-corrected chi connectivity index (χ2v) is 5.31. The molecule has 0 bridgehead atoms. The average molecular weight is 256 g/mol. The predicted molar refractivity (Wildman–Crippen MR) is 64.3 cm³/mol. The van der Waals surface area contributed by atoms with Crippen LogP contribution in [-0.2, 0) is 10.2 Å². The first-order valence-electron chi connectivity index (χ1n) is 6.15. The summed E-state index contributed by atoms with van der Waals surface area (Å²) in [5, 5.41) is 9.55. The van der Waals surface area contributed by atoms with Crippen molar-refractivity contribution in [2.75, 3.05) is 19.8 Å². The summed E-state index contributed by atoms with van der Waals surface area (Å²) >= 11 is 0. The van der Waals surface area contributed by atoms with Crippen LogP contribution in [0, 0.1) is 23.5 Å². The van der Waals surface area contributed by atoms with E-state index in [0.29, 0.717) is 18.8 Å². The maximum Gasteiger partial charge on any atom is 0.130 e. The molecule has 1 heterocycles. The van der Waals surface area contributed by atoms with E-state index in [0.717, 1.165) is 6.07 Å². The molecule has 1 fully saturated rings. The number of ether oxygens (including phenoxy) is 1. The maximum absolute atomic E-state index is 13.9. The minimum Gasteiger partial charge on any atom is -0.396 e. The van der Waals surface area contributed by atoms with E-state index in [1.165, 1.54) is 12.1 Å². The van der Waals surface area contributed by atoms with E-state index in [1.54, 1.807) is 0 Å². The third kappa shape index (κ3) is 2.04. The lowest BCUT2D eigenvalue weighted by molar-refractivity contribution is -0.112. The van der Waals surface area contributed by atoms with Gasteiger partial charge in [0.05, 0.1) is 18.6 Å². The highest BCUT2D eigenvalue weighted by molar-refractivity contribution is 5.31. The molecule has 1 N–H and O–H groups in total. The maximum atomic E-state index is 13.9. The highest BCUT2D eigenvalue weighted by Gasteiger charge is 2.49. The van der Waals surface area contributed by atoms with Gasteiger partial charge in [0.2, 0.25) is 0 Å². The van der Waals surface area contributed by atoms with Crippen molar-refractivity contribution in [3.8, 4) is 0 Å². The number of hydrogen-bond donors (Lipinski definition) is 1. The zero-order valence-corrected chi connectivity index (χ0v) is 10.6. The summed E-state index contributed by atoms with van der Waals surface area (Å²) in [6.07, 6.45) is 0. The highest BCUT2D eigenvalue weighted by Crippen LogP contribution is 2.43. The van der Waals surface area contributed by atoms with Crippen LogP contribution in [0.2, 0.25) is 0 Å². The van der Waals surface area contributed by atoms with Gasteiger partial charge in [-0.1, -0.05) is 19.9 Å². The van der Waals surface area contributed by atoms with Crippen LogP contribution < -0.4 is 0 Å². The van der Waals surface area contributed by atoms with Gasteiger partial charge in [-0.3, -0.25) is 0 Å². The SMILES string of the molecule is CC(C)C(CO)C1(c2ccc(F)cc2F)COC1. The fraction of sp³-hybridized carbons (Fsp3) is 0.571. The zero-order valence-electron chi connectivity index (χ0n) is 10.6. The third-order valence-electron chi connectivity index (χ3n) is 3.90. The summed E-state index contributed by atoms with van der Waals surface area (Å²) in [4.78, 5) is 0. The molecule has 1 aliphatic heterocycles. The lowest BCUT2D eigenvalue weighted by Crippen LogP contribution is -2.55. The van der Waals surface area contributed by atoms with E-state index < -0.39 is 17.0 Å². The van der Waals surface area contributed by atoms with Gasteiger partial charge in [-0.2, -0.15) is 0 Å². The van der Waals surface area contributed by atoms with Crippen molar-refractivity contribution in [1.29, 1.82) is 0 Å². The Morgan fingerprint density at radius 2 is 2.00 bits per heavy atom. The highest BCUT2D eigenvalue weighted by atomic mass is 19.1. The molecule has 100 valence electrons. The van der Waals surface area contributed by atoms with E-state index in [-0.39, 0.29) is 18.4 Å². The fourth-order valence-corrected chi connectivity index (χ4v) is 2.81. The van der Waals surface area contributed by atoms with E-state index in [1.807, 2.05) is 13.8 Å². The van der Waals surface area contributed by atoms with Gasteiger partial charge in [-0.25, -0.2) is 8.78 Å². The average Bonchev–Trinajstić information content (AvgIpc) is 2.23. The van der Waals surface area contributed by atoms with Crippen molar-refractivity contribution in [3.63, 3.8) is 0 Å². The van der Waals surface area contributed by atoms with Gasteiger partial charge in [-0.05, 0) is 23.5 Å². The van der Waals surface area contributed by atoms with Crippen LogP contribution in [0.3, 0.4) is 0 Å². The van der Waals surface area contributed by atoms with Crippen LogP contribution in [0.25, 0.3) is 0 Å². The molecule has 0 saturated carbocycles. The van der Waals surface area contributed by atoms with Gasteiger partial charge in [0, 0.05) is 12.7 Å². The van der Waals surface area contributed by atoms with Crippen LogP contribution in [0.1, 0.15) is 19.4 Å². The molecule has 2 rings (SSSR count). The molecule has 1 aromatic carbocycles. The van der Waals surface area contributed by atoms with E-state index in [9.17, 15) is 13.9 Å². The van der Waals surface area contributed by atoms with Crippen molar-refractivity contribution in [2.24, 2.45) is 11.8 Å². The molecule has 0 aliphatic carbocycles. The van der Waals surface area contributed by atoms with Gasteiger partial charge in [0.1, 0.15) is 11.6 Å². The molecular weight excluding hydrogens is 238 g/mol. The first kappa shape index (κ1) is 13.4. The number of aliphatic hydroxyl groups excluding tert-OH is 1. The van der Waals surface area contributed by atoms with E-state index >= 15 is 0 Å². The van der Waals surface area contributed by atoms with Gasteiger partial charge in [0.15, 0.2) is 0 Å². The minimum atomic E-state index is -0.586. The lowest BCUT2D eigenvalue weighted by atomic mass is 9.65. The Balaban J connectivity index is 2.43. The fourth-order valence-electron chi connectivity index (χ4n) is 2.81. The Labute approximate surface area is 106 Å². The molecule has 1 aliphatic rings. The van der Waals surface area contributed by atoms with Crippen molar-refractivity contribution in [2.45, 2.75) is 19.3 Å². The summed E-state index contributed by atoms with van der Waals surface area (Å²) in [7, 11) is 0. The first-order valence-corrected chi connectivity index (χ1v) is 6.15. The minimum absolute atomic E-state index is 0.0299. The second-order valence-electron chi connectivity index (χ2n) is 5.31. The van der Waals surface area contributed by atoms with E-state index in [2.05, 4.69) is 0 Å². The first-order chi connectivity index (χ1) is 8.51. The number of rotatable bonds is 4. The third-order valence-corrected chi connectivity index (χ3v) is 3.90. The van der Waals surface area contributed by atoms with Gasteiger partial charge < -0.3 is 9.84 Å². The second kappa shape index (κ2) is 4.94. The molecular formula is C14H18F2O2. The quantitative estimate of drug-likeness (QED) is 0.897. The van der Waals surface area contributed by atoms with Crippen molar-refractivity contribution >= 4 is 0 Å². The largest absolute Gasteiger partial charge is 0.396 e. The Morgan fingerprint density at radius 3 is 2.39 bits per heavy atom.